The maximum Gasteiger partial charge on any atom is 0.217 e. The van der Waals surface area contributed by atoms with Crippen LogP contribution in [0.15, 0.2) is 4.42 Å². The van der Waals surface area contributed by atoms with Crippen molar-refractivity contribution in [3.05, 3.63) is 11.8 Å². The van der Waals surface area contributed by atoms with Crippen molar-refractivity contribution in [2.75, 3.05) is 25.1 Å². The summed E-state index contributed by atoms with van der Waals surface area (Å²) in [6, 6.07) is 0. The number of aryl methyl sites for hydroxylation is 2. The number of aromatic nitrogens is 2. The summed E-state index contributed by atoms with van der Waals surface area (Å²) in [6.45, 7) is 4.28. The van der Waals surface area contributed by atoms with E-state index in [1.54, 1.807) is 11.8 Å². The first kappa shape index (κ1) is 13.5. The zero-order valence-electron chi connectivity index (χ0n) is 10.2. The van der Waals surface area contributed by atoms with Crippen molar-refractivity contribution in [3.63, 3.8) is 0 Å². The zero-order valence-corrected chi connectivity index (χ0v) is 11.0. The predicted octanol–water partition coefficient (Wildman–Crippen LogP) is 1.91. The van der Waals surface area contributed by atoms with Gasteiger partial charge in [-0.15, -0.1) is 10.2 Å². The Morgan fingerprint density at radius 1 is 1.19 bits per heavy atom. The highest BCUT2D eigenvalue weighted by molar-refractivity contribution is 7.98. The van der Waals surface area contributed by atoms with Gasteiger partial charge >= 0.3 is 0 Å². The maximum absolute atomic E-state index is 5.53. The summed E-state index contributed by atoms with van der Waals surface area (Å²) in [6.07, 6.45) is 6.07. The summed E-state index contributed by atoms with van der Waals surface area (Å²) in [7, 11) is 0. The fraction of sp³-hybridized carbons (Fsp3) is 0.818. The fourth-order valence-corrected chi connectivity index (χ4v) is 1.72. The Morgan fingerprint density at radius 2 is 1.94 bits per heavy atom. The molecule has 1 aromatic heterocycles. The van der Waals surface area contributed by atoms with E-state index in [9.17, 15) is 0 Å². The van der Waals surface area contributed by atoms with Crippen LogP contribution in [0.3, 0.4) is 0 Å². The number of thioether (sulfide) groups is 1. The van der Waals surface area contributed by atoms with Gasteiger partial charge in [0.15, 0.2) is 0 Å². The summed E-state index contributed by atoms with van der Waals surface area (Å²) in [5.41, 5.74) is 0. The third kappa shape index (κ3) is 5.51. The number of hydrogen-bond acceptors (Lipinski definition) is 5. The molecule has 0 aliphatic rings. The molecule has 16 heavy (non-hydrogen) atoms. The molecule has 1 aromatic rings. The molecule has 1 rings (SSSR count). The van der Waals surface area contributed by atoms with Gasteiger partial charge in [0.25, 0.3) is 0 Å². The predicted molar refractivity (Wildman–Crippen MR) is 67.9 cm³/mol. The Labute approximate surface area is 102 Å². The number of hydrogen-bond donors (Lipinski definition) is 1. The molecule has 0 saturated heterocycles. The Bertz CT molecular complexity index is 278. The maximum atomic E-state index is 5.53. The van der Waals surface area contributed by atoms with Gasteiger partial charge in [-0.3, -0.25) is 0 Å². The van der Waals surface area contributed by atoms with Crippen LogP contribution in [0.1, 0.15) is 31.5 Å². The van der Waals surface area contributed by atoms with Gasteiger partial charge in [-0.05, 0) is 32.2 Å². The van der Waals surface area contributed by atoms with E-state index in [-0.39, 0.29) is 0 Å². The Morgan fingerprint density at radius 3 is 2.62 bits per heavy atom. The molecular weight excluding hydrogens is 222 g/mol. The molecule has 1 N–H and O–H groups in total. The molecular formula is C11H21N3OS. The van der Waals surface area contributed by atoms with Crippen LogP contribution in [0.5, 0.6) is 0 Å². The van der Waals surface area contributed by atoms with Gasteiger partial charge in [0.1, 0.15) is 0 Å². The monoisotopic (exact) mass is 243 g/mol. The topological polar surface area (TPSA) is 51.0 Å². The summed E-state index contributed by atoms with van der Waals surface area (Å²) in [5, 5.41) is 11.4. The van der Waals surface area contributed by atoms with Crippen LogP contribution < -0.4 is 5.32 Å². The molecule has 0 aliphatic heterocycles. The number of nitrogens with one attached hydrogen (secondary N) is 1. The number of nitrogens with zero attached hydrogens (tertiary/aromatic N) is 2. The third-order valence-corrected chi connectivity index (χ3v) is 2.81. The summed E-state index contributed by atoms with van der Waals surface area (Å²) in [5.74, 6) is 2.58. The van der Waals surface area contributed by atoms with Crippen molar-refractivity contribution in [3.8, 4) is 0 Å². The highest BCUT2D eigenvalue weighted by Crippen LogP contribution is 2.05. The number of rotatable bonds is 9. The molecule has 0 unspecified atom stereocenters. The smallest absolute Gasteiger partial charge is 0.217 e. The highest BCUT2D eigenvalue weighted by Gasteiger charge is 2.04. The molecule has 0 fully saturated rings. The Hall–Kier alpha value is -0.550. The first-order valence-electron chi connectivity index (χ1n) is 5.87. The van der Waals surface area contributed by atoms with E-state index in [1.165, 1.54) is 6.42 Å². The molecule has 0 amide bonds. The lowest BCUT2D eigenvalue weighted by molar-refractivity contribution is 0.446. The van der Waals surface area contributed by atoms with Gasteiger partial charge < -0.3 is 9.73 Å². The second-order valence-electron chi connectivity index (χ2n) is 3.69. The van der Waals surface area contributed by atoms with Crippen LogP contribution in [-0.2, 0) is 12.8 Å². The quantitative estimate of drug-likeness (QED) is 0.671. The van der Waals surface area contributed by atoms with Gasteiger partial charge in [-0.1, -0.05) is 6.92 Å². The molecule has 1 heterocycles. The third-order valence-electron chi connectivity index (χ3n) is 2.20. The first-order chi connectivity index (χ1) is 7.86. The minimum absolute atomic E-state index is 0.769. The van der Waals surface area contributed by atoms with Crippen molar-refractivity contribution in [1.82, 2.24) is 15.5 Å². The summed E-state index contributed by atoms with van der Waals surface area (Å²) < 4.78 is 5.53. The molecule has 4 nitrogen and oxygen atoms in total. The molecule has 5 heteroatoms. The van der Waals surface area contributed by atoms with Gasteiger partial charge in [0.05, 0.1) is 0 Å². The van der Waals surface area contributed by atoms with E-state index in [0.717, 1.165) is 49.9 Å². The van der Waals surface area contributed by atoms with Gasteiger partial charge in [0.2, 0.25) is 11.8 Å². The van der Waals surface area contributed by atoms with Crippen molar-refractivity contribution >= 4 is 11.8 Å². The second kappa shape index (κ2) is 8.58. The fourth-order valence-electron chi connectivity index (χ4n) is 1.35. The van der Waals surface area contributed by atoms with Crippen LogP contribution in [0.2, 0.25) is 0 Å². The lowest BCUT2D eigenvalue weighted by atomic mass is 10.3. The average molecular weight is 243 g/mol. The second-order valence-corrected chi connectivity index (χ2v) is 4.67. The van der Waals surface area contributed by atoms with Gasteiger partial charge in [-0.2, -0.15) is 11.8 Å². The minimum Gasteiger partial charge on any atom is -0.425 e. The summed E-state index contributed by atoms with van der Waals surface area (Å²) in [4.78, 5) is 0. The molecule has 0 atom stereocenters. The molecule has 0 bridgehead atoms. The van der Waals surface area contributed by atoms with Crippen molar-refractivity contribution in [2.45, 2.75) is 32.6 Å². The van der Waals surface area contributed by atoms with Crippen molar-refractivity contribution < 1.29 is 4.42 Å². The van der Waals surface area contributed by atoms with E-state index in [0.29, 0.717) is 0 Å². The van der Waals surface area contributed by atoms with Crippen LogP contribution in [-0.4, -0.2) is 35.3 Å². The molecule has 0 spiro atoms. The van der Waals surface area contributed by atoms with E-state index in [4.69, 9.17) is 4.42 Å². The zero-order chi connectivity index (χ0) is 11.6. The molecule has 0 saturated carbocycles. The minimum atomic E-state index is 0.769. The molecule has 0 radical (unpaired) electrons. The average Bonchev–Trinajstić information content (AvgIpc) is 2.74. The largest absolute Gasteiger partial charge is 0.425 e. The van der Waals surface area contributed by atoms with E-state index in [2.05, 4.69) is 28.7 Å². The van der Waals surface area contributed by atoms with E-state index in [1.807, 2.05) is 0 Å². The van der Waals surface area contributed by atoms with Crippen molar-refractivity contribution in [2.24, 2.45) is 0 Å². The first-order valence-corrected chi connectivity index (χ1v) is 7.27. The van der Waals surface area contributed by atoms with E-state index < -0.39 is 0 Å². The standard InChI is InChI=1S/C11H21N3OS/c1-3-7-12-8-4-5-10-13-14-11(15-10)6-9-16-2/h12H,3-9H2,1-2H3. The lowest BCUT2D eigenvalue weighted by Gasteiger charge is -1.99. The highest BCUT2D eigenvalue weighted by atomic mass is 32.2. The Kier molecular flexibility index (Phi) is 7.25. The van der Waals surface area contributed by atoms with Gasteiger partial charge in [-0.25, -0.2) is 0 Å². The Balaban J connectivity index is 2.14. The normalized spacial score (nSPS) is 10.9. The van der Waals surface area contributed by atoms with Gasteiger partial charge in [0, 0.05) is 18.6 Å². The summed E-state index contributed by atoms with van der Waals surface area (Å²) >= 11 is 1.79. The van der Waals surface area contributed by atoms with Crippen LogP contribution >= 0.6 is 11.8 Å². The molecule has 0 aromatic carbocycles. The van der Waals surface area contributed by atoms with Crippen LogP contribution in [0.4, 0.5) is 0 Å². The van der Waals surface area contributed by atoms with E-state index >= 15 is 0 Å². The van der Waals surface area contributed by atoms with Crippen LogP contribution in [0.25, 0.3) is 0 Å². The molecule has 92 valence electrons. The molecule has 0 aliphatic carbocycles. The lowest BCUT2D eigenvalue weighted by Crippen LogP contribution is -2.16. The van der Waals surface area contributed by atoms with Crippen LogP contribution in [0, 0.1) is 0 Å². The van der Waals surface area contributed by atoms with Crippen molar-refractivity contribution in [1.29, 1.82) is 0 Å². The SMILES string of the molecule is CCCNCCCc1nnc(CCSC)o1.